The summed E-state index contributed by atoms with van der Waals surface area (Å²) in [5, 5.41) is 7.30. The number of hydrogen-bond donors (Lipinski definition) is 2. The summed E-state index contributed by atoms with van der Waals surface area (Å²) in [6.45, 7) is 4.81. The Bertz CT molecular complexity index is 535. The van der Waals surface area contributed by atoms with Crippen molar-refractivity contribution in [3.05, 3.63) is 29.8 Å². The van der Waals surface area contributed by atoms with Gasteiger partial charge in [-0.3, -0.25) is 4.99 Å². The van der Waals surface area contributed by atoms with Crippen LogP contribution in [0.3, 0.4) is 0 Å². The van der Waals surface area contributed by atoms with Crippen molar-refractivity contribution in [1.29, 1.82) is 0 Å². The lowest BCUT2D eigenvalue weighted by molar-refractivity contribution is 0.197. The summed E-state index contributed by atoms with van der Waals surface area (Å²) in [6, 6.07) is 8.15. The zero-order valence-corrected chi connectivity index (χ0v) is 13.6. The van der Waals surface area contributed by atoms with Crippen molar-refractivity contribution in [2.75, 3.05) is 40.3 Å². The summed E-state index contributed by atoms with van der Waals surface area (Å²) in [4.78, 5) is 7.17. The molecule has 2 N–H and O–H groups in total. The molecule has 1 saturated heterocycles. The molecule has 0 saturated carbocycles. The number of benzene rings is 1. The highest BCUT2D eigenvalue weighted by atomic mass is 16.5. The molecule has 120 valence electrons. The van der Waals surface area contributed by atoms with Crippen molar-refractivity contribution in [2.24, 2.45) is 4.99 Å². The molecule has 0 aromatic heterocycles. The lowest BCUT2D eigenvalue weighted by atomic mass is 9.85. The van der Waals surface area contributed by atoms with E-state index in [1.165, 1.54) is 5.56 Å². The number of amidine groups is 1. The van der Waals surface area contributed by atoms with Gasteiger partial charge < -0.3 is 20.3 Å². The third-order valence-corrected chi connectivity index (χ3v) is 4.78. The molecule has 0 atom stereocenters. The van der Waals surface area contributed by atoms with Crippen LogP contribution in [0.4, 0.5) is 0 Å². The predicted molar refractivity (Wildman–Crippen MR) is 89.6 cm³/mol. The number of para-hydroxylation sites is 1. The van der Waals surface area contributed by atoms with E-state index in [9.17, 15) is 0 Å². The second-order valence-corrected chi connectivity index (χ2v) is 6.21. The molecule has 2 heterocycles. The summed E-state index contributed by atoms with van der Waals surface area (Å²) < 4.78 is 5.43. The van der Waals surface area contributed by atoms with Crippen LogP contribution in [0.2, 0.25) is 0 Å². The molecule has 22 heavy (non-hydrogen) atoms. The maximum absolute atomic E-state index is 5.43. The van der Waals surface area contributed by atoms with Crippen molar-refractivity contribution >= 4 is 5.84 Å². The van der Waals surface area contributed by atoms with Gasteiger partial charge in [-0.05, 0) is 26.0 Å². The summed E-state index contributed by atoms with van der Waals surface area (Å²) in [5.41, 5.74) is 1.20. The standard InChI is InChI=1S/C17H26N4O/c1-21-11-7-17(8-12-21)16(18-9-10-20-17)19-13-14-5-3-4-6-15(14)22-2/h3-6,20H,7-13H2,1-2H3,(H,18,19). The Morgan fingerprint density at radius 3 is 2.86 bits per heavy atom. The Labute approximate surface area is 132 Å². The van der Waals surface area contributed by atoms with Gasteiger partial charge in [-0.2, -0.15) is 0 Å². The first kappa shape index (κ1) is 15.3. The lowest BCUT2D eigenvalue weighted by Crippen LogP contribution is -2.63. The van der Waals surface area contributed by atoms with Crippen molar-refractivity contribution in [3.8, 4) is 5.75 Å². The van der Waals surface area contributed by atoms with Gasteiger partial charge in [-0.1, -0.05) is 18.2 Å². The van der Waals surface area contributed by atoms with Gasteiger partial charge in [0.25, 0.3) is 0 Å². The molecule has 0 aliphatic carbocycles. The Hall–Kier alpha value is -1.59. The Balaban J connectivity index is 1.71. The van der Waals surface area contributed by atoms with Crippen molar-refractivity contribution < 1.29 is 4.74 Å². The van der Waals surface area contributed by atoms with E-state index in [1.807, 2.05) is 18.2 Å². The highest BCUT2D eigenvalue weighted by Crippen LogP contribution is 2.25. The van der Waals surface area contributed by atoms with Crippen LogP contribution in [-0.4, -0.2) is 56.6 Å². The van der Waals surface area contributed by atoms with Gasteiger partial charge in [0.1, 0.15) is 11.6 Å². The molecule has 0 unspecified atom stereocenters. The SMILES string of the molecule is COc1ccccc1CNC1=NCCNC12CCN(C)CC2. The topological polar surface area (TPSA) is 48.9 Å². The summed E-state index contributed by atoms with van der Waals surface area (Å²) in [6.07, 6.45) is 2.22. The average molecular weight is 302 g/mol. The van der Waals surface area contributed by atoms with Crippen LogP contribution in [0.1, 0.15) is 18.4 Å². The molecular formula is C17H26N4O. The summed E-state index contributed by atoms with van der Waals surface area (Å²) in [5.74, 6) is 2.05. The summed E-state index contributed by atoms with van der Waals surface area (Å²) >= 11 is 0. The molecule has 2 aliphatic rings. The van der Waals surface area contributed by atoms with E-state index in [4.69, 9.17) is 9.73 Å². The zero-order valence-electron chi connectivity index (χ0n) is 13.6. The van der Waals surface area contributed by atoms with Crippen LogP contribution in [0.5, 0.6) is 5.75 Å². The Kier molecular flexibility index (Phi) is 4.64. The molecule has 0 bridgehead atoms. The number of hydrogen-bond acceptors (Lipinski definition) is 5. The van der Waals surface area contributed by atoms with Crippen LogP contribution in [0.15, 0.2) is 29.3 Å². The first-order valence-corrected chi connectivity index (χ1v) is 8.08. The first-order valence-electron chi connectivity index (χ1n) is 8.08. The van der Waals surface area contributed by atoms with E-state index in [1.54, 1.807) is 7.11 Å². The normalized spacial score (nSPS) is 21.5. The molecule has 5 nitrogen and oxygen atoms in total. The van der Waals surface area contributed by atoms with Crippen LogP contribution in [0.25, 0.3) is 0 Å². The highest BCUT2D eigenvalue weighted by Gasteiger charge is 2.39. The minimum atomic E-state index is 0.0345. The van der Waals surface area contributed by atoms with E-state index in [0.29, 0.717) is 0 Å². The fourth-order valence-electron chi connectivity index (χ4n) is 3.36. The fourth-order valence-corrected chi connectivity index (χ4v) is 3.36. The predicted octanol–water partition coefficient (Wildman–Crippen LogP) is 1.25. The molecule has 5 heteroatoms. The Morgan fingerprint density at radius 2 is 2.09 bits per heavy atom. The molecule has 2 aliphatic heterocycles. The lowest BCUT2D eigenvalue weighted by Gasteiger charge is -2.44. The van der Waals surface area contributed by atoms with Crippen LogP contribution >= 0.6 is 0 Å². The van der Waals surface area contributed by atoms with E-state index in [0.717, 1.165) is 57.2 Å². The maximum atomic E-state index is 5.43. The average Bonchev–Trinajstić information content (AvgIpc) is 2.57. The molecule has 0 radical (unpaired) electrons. The molecule has 1 fully saturated rings. The number of nitrogens with one attached hydrogen (secondary N) is 2. The van der Waals surface area contributed by atoms with Gasteiger partial charge in [0, 0.05) is 31.7 Å². The second-order valence-electron chi connectivity index (χ2n) is 6.21. The van der Waals surface area contributed by atoms with Crippen molar-refractivity contribution in [2.45, 2.75) is 24.9 Å². The van der Waals surface area contributed by atoms with E-state index < -0.39 is 0 Å². The van der Waals surface area contributed by atoms with E-state index >= 15 is 0 Å². The first-order chi connectivity index (χ1) is 10.7. The number of nitrogens with zero attached hydrogens (tertiary/aromatic N) is 2. The minimum Gasteiger partial charge on any atom is -0.496 e. The number of aliphatic imine (C=N–C) groups is 1. The van der Waals surface area contributed by atoms with Crippen LogP contribution < -0.4 is 15.4 Å². The molecular weight excluding hydrogens is 276 g/mol. The van der Waals surface area contributed by atoms with Gasteiger partial charge in [0.2, 0.25) is 0 Å². The van der Waals surface area contributed by atoms with Gasteiger partial charge in [-0.15, -0.1) is 0 Å². The van der Waals surface area contributed by atoms with Gasteiger partial charge >= 0.3 is 0 Å². The molecule has 1 aromatic carbocycles. The number of methoxy groups -OCH3 is 1. The van der Waals surface area contributed by atoms with Crippen LogP contribution in [-0.2, 0) is 6.54 Å². The number of likely N-dealkylation sites (tertiary alicyclic amines) is 1. The Morgan fingerprint density at radius 1 is 1.32 bits per heavy atom. The fraction of sp³-hybridized carbons (Fsp3) is 0.588. The van der Waals surface area contributed by atoms with Gasteiger partial charge in [0.05, 0.1) is 19.2 Å². The largest absolute Gasteiger partial charge is 0.496 e. The smallest absolute Gasteiger partial charge is 0.123 e. The van der Waals surface area contributed by atoms with E-state index in [2.05, 4.69) is 28.6 Å². The molecule has 3 rings (SSSR count). The highest BCUT2D eigenvalue weighted by molar-refractivity contribution is 5.92. The molecule has 1 spiro atoms. The summed E-state index contributed by atoms with van der Waals surface area (Å²) in [7, 11) is 3.91. The van der Waals surface area contributed by atoms with E-state index in [-0.39, 0.29) is 5.54 Å². The third-order valence-electron chi connectivity index (χ3n) is 4.78. The van der Waals surface area contributed by atoms with Gasteiger partial charge in [-0.25, -0.2) is 0 Å². The van der Waals surface area contributed by atoms with Crippen molar-refractivity contribution in [3.63, 3.8) is 0 Å². The van der Waals surface area contributed by atoms with Crippen LogP contribution in [0, 0.1) is 0 Å². The third kappa shape index (κ3) is 3.10. The minimum absolute atomic E-state index is 0.0345. The van der Waals surface area contributed by atoms with Crippen molar-refractivity contribution in [1.82, 2.24) is 15.5 Å². The number of piperidine rings is 1. The number of rotatable bonds is 3. The monoisotopic (exact) mass is 302 g/mol. The quantitative estimate of drug-likeness (QED) is 0.882. The molecule has 0 amide bonds. The maximum Gasteiger partial charge on any atom is 0.123 e. The number of ether oxygens (including phenoxy) is 1. The zero-order chi connectivity index (χ0) is 15.4. The second kappa shape index (κ2) is 6.67. The van der Waals surface area contributed by atoms with Gasteiger partial charge in [0.15, 0.2) is 0 Å². The molecule has 1 aromatic rings.